The van der Waals surface area contributed by atoms with Gasteiger partial charge >= 0.3 is 6.18 Å². The van der Waals surface area contributed by atoms with E-state index in [9.17, 15) is 18.0 Å². The Bertz CT molecular complexity index is 607. The number of thiol groups is 1. The first-order valence-electron chi connectivity index (χ1n) is 4.13. The summed E-state index contributed by atoms with van der Waals surface area (Å²) in [5.41, 5.74) is 3.73. The van der Waals surface area contributed by atoms with Crippen molar-refractivity contribution in [1.82, 2.24) is 19.6 Å². The van der Waals surface area contributed by atoms with Crippen LogP contribution in [0.2, 0.25) is 0 Å². The molecule has 0 aromatic carbocycles. The fourth-order valence-corrected chi connectivity index (χ4v) is 1.36. The molecule has 2 heterocycles. The summed E-state index contributed by atoms with van der Waals surface area (Å²) in [5.74, 6) is -1.78. The standard InChI is InChI=1S/C7H4F3N5OS/c8-7(9,10)2-1-3(17)15-6(12-2)13-5(14-15)4(11)16/h1,17H,(H2,11,16). The van der Waals surface area contributed by atoms with E-state index in [4.69, 9.17) is 5.73 Å². The van der Waals surface area contributed by atoms with Gasteiger partial charge in [0.1, 0.15) is 5.03 Å². The molecule has 90 valence electrons. The van der Waals surface area contributed by atoms with Gasteiger partial charge in [0.2, 0.25) is 5.82 Å². The number of fused-ring (bicyclic) bond motifs is 1. The summed E-state index contributed by atoms with van der Waals surface area (Å²) in [4.78, 5) is 17.5. The van der Waals surface area contributed by atoms with Crippen LogP contribution < -0.4 is 5.73 Å². The first kappa shape index (κ1) is 11.6. The Morgan fingerprint density at radius 1 is 1.41 bits per heavy atom. The third-order valence-corrected chi connectivity index (χ3v) is 2.12. The highest BCUT2D eigenvalue weighted by atomic mass is 32.1. The fourth-order valence-electron chi connectivity index (χ4n) is 1.10. The van der Waals surface area contributed by atoms with Gasteiger partial charge in [-0.2, -0.15) is 22.7 Å². The smallest absolute Gasteiger partial charge is 0.363 e. The third kappa shape index (κ3) is 2.02. The van der Waals surface area contributed by atoms with E-state index in [2.05, 4.69) is 27.7 Å². The number of hydrogen-bond acceptors (Lipinski definition) is 5. The van der Waals surface area contributed by atoms with Crippen molar-refractivity contribution in [3.8, 4) is 0 Å². The van der Waals surface area contributed by atoms with Crippen molar-refractivity contribution in [1.29, 1.82) is 0 Å². The Morgan fingerprint density at radius 2 is 2.06 bits per heavy atom. The molecule has 2 N–H and O–H groups in total. The van der Waals surface area contributed by atoms with Crippen LogP contribution in [0.15, 0.2) is 11.1 Å². The lowest BCUT2D eigenvalue weighted by molar-refractivity contribution is -0.141. The van der Waals surface area contributed by atoms with Crippen molar-refractivity contribution in [2.45, 2.75) is 11.2 Å². The van der Waals surface area contributed by atoms with Gasteiger partial charge in [-0.1, -0.05) is 0 Å². The summed E-state index contributed by atoms with van der Waals surface area (Å²) in [6.07, 6.45) is -4.63. The van der Waals surface area contributed by atoms with Crippen molar-refractivity contribution in [2.24, 2.45) is 5.73 Å². The lowest BCUT2D eigenvalue weighted by Crippen LogP contribution is -2.13. The first-order valence-corrected chi connectivity index (χ1v) is 4.57. The minimum absolute atomic E-state index is 0.151. The average Bonchev–Trinajstić information content (AvgIpc) is 2.60. The highest BCUT2D eigenvalue weighted by molar-refractivity contribution is 7.80. The summed E-state index contributed by atoms with van der Waals surface area (Å²) in [6, 6.07) is 0.676. The normalized spacial score (nSPS) is 12.0. The Kier molecular flexibility index (Phi) is 2.45. The Morgan fingerprint density at radius 3 is 2.59 bits per heavy atom. The molecule has 1 amide bonds. The number of nitrogens with zero attached hydrogens (tertiary/aromatic N) is 4. The van der Waals surface area contributed by atoms with Gasteiger partial charge in [0.25, 0.3) is 11.7 Å². The summed E-state index contributed by atoms with van der Waals surface area (Å²) in [7, 11) is 0. The van der Waals surface area contributed by atoms with E-state index in [-0.39, 0.29) is 5.03 Å². The van der Waals surface area contributed by atoms with Gasteiger partial charge in [0.05, 0.1) is 0 Å². The molecule has 0 fully saturated rings. The molecule has 6 nitrogen and oxygen atoms in total. The second-order valence-electron chi connectivity index (χ2n) is 3.01. The van der Waals surface area contributed by atoms with Gasteiger partial charge in [-0.25, -0.2) is 4.98 Å². The van der Waals surface area contributed by atoms with Crippen LogP contribution in [0.5, 0.6) is 0 Å². The van der Waals surface area contributed by atoms with E-state index < -0.39 is 29.4 Å². The molecule has 0 aliphatic rings. The van der Waals surface area contributed by atoms with Crippen molar-refractivity contribution < 1.29 is 18.0 Å². The molecule has 10 heteroatoms. The third-order valence-electron chi connectivity index (χ3n) is 1.80. The summed E-state index contributed by atoms with van der Waals surface area (Å²) in [6.45, 7) is 0. The number of alkyl halides is 3. The van der Waals surface area contributed by atoms with Crippen LogP contribution in [0.1, 0.15) is 16.3 Å². The molecule has 0 aliphatic carbocycles. The first-order chi connectivity index (χ1) is 7.79. The minimum atomic E-state index is -4.63. The Balaban J connectivity index is 2.69. The molecule has 0 aliphatic heterocycles. The summed E-state index contributed by atoms with van der Waals surface area (Å²) >= 11 is 3.80. The number of carbonyl (C=O) groups is 1. The van der Waals surface area contributed by atoms with Gasteiger partial charge < -0.3 is 5.73 Å². The van der Waals surface area contributed by atoms with Crippen molar-refractivity contribution in [3.05, 3.63) is 17.6 Å². The summed E-state index contributed by atoms with van der Waals surface area (Å²) < 4.78 is 38.1. The Hall–Kier alpha value is -1.84. The zero-order valence-corrected chi connectivity index (χ0v) is 8.83. The average molecular weight is 263 g/mol. The molecule has 0 saturated carbocycles. The lowest BCUT2D eigenvalue weighted by atomic mass is 10.4. The van der Waals surface area contributed by atoms with Crippen molar-refractivity contribution in [3.63, 3.8) is 0 Å². The summed E-state index contributed by atoms with van der Waals surface area (Å²) in [5, 5.41) is 3.41. The largest absolute Gasteiger partial charge is 0.433 e. The lowest BCUT2D eigenvalue weighted by Gasteiger charge is -2.05. The topological polar surface area (TPSA) is 86.2 Å². The molecule has 0 atom stereocenters. The fraction of sp³-hybridized carbons (Fsp3) is 0.143. The number of amides is 1. The van der Waals surface area contributed by atoms with E-state index in [1.165, 1.54) is 0 Å². The molecule has 2 rings (SSSR count). The highest BCUT2D eigenvalue weighted by Crippen LogP contribution is 2.29. The van der Waals surface area contributed by atoms with Crippen LogP contribution >= 0.6 is 12.6 Å². The van der Waals surface area contributed by atoms with E-state index in [1.54, 1.807) is 0 Å². The molecule has 0 bridgehead atoms. The highest BCUT2D eigenvalue weighted by Gasteiger charge is 2.34. The predicted octanol–water partition coefficient (Wildman–Crippen LogP) is 0.531. The Labute approximate surface area is 97.1 Å². The zero-order chi connectivity index (χ0) is 12.8. The number of aromatic nitrogens is 4. The molecule has 2 aromatic heterocycles. The minimum Gasteiger partial charge on any atom is -0.363 e. The number of hydrogen-bond donors (Lipinski definition) is 2. The molecular weight excluding hydrogens is 259 g/mol. The molecular formula is C7H4F3N5OS. The van der Waals surface area contributed by atoms with Crippen LogP contribution in [-0.2, 0) is 6.18 Å². The van der Waals surface area contributed by atoms with Crippen molar-refractivity contribution >= 4 is 24.3 Å². The van der Waals surface area contributed by atoms with Gasteiger partial charge in [-0.15, -0.1) is 17.7 Å². The molecule has 17 heavy (non-hydrogen) atoms. The number of primary amides is 1. The van der Waals surface area contributed by atoms with Crippen LogP contribution in [0, 0.1) is 0 Å². The van der Waals surface area contributed by atoms with Crippen LogP contribution in [0.4, 0.5) is 13.2 Å². The van der Waals surface area contributed by atoms with E-state index in [0.717, 1.165) is 4.52 Å². The number of halogens is 3. The maximum absolute atomic E-state index is 12.4. The van der Waals surface area contributed by atoms with Crippen molar-refractivity contribution in [2.75, 3.05) is 0 Å². The number of carbonyl (C=O) groups excluding carboxylic acids is 1. The molecule has 2 aromatic rings. The molecule has 0 spiro atoms. The van der Waals surface area contributed by atoms with Gasteiger partial charge in [0, 0.05) is 6.07 Å². The predicted molar refractivity (Wildman–Crippen MR) is 51.6 cm³/mol. The maximum atomic E-state index is 12.4. The van der Waals surface area contributed by atoms with Gasteiger partial charge in [-0.3, -0.25) is 4.79 Å². The SMILES string of the molecule is NC(=O)c1nc2nc(C(F)(F)F)cc(S)n2n1. The maximum Gasteiger partial charge on any atom is 0.433 e. The van der Waals surface area contributed by atoms with Gasteiger partial charge in [-0.05, 0) is 0 Å². The van der Waals surface area contributed by atoms with Crippen LogP contribution in [-0.4, -0.2) is 25.5 Å². The zero-order valence-electron chi connectivity index (χ0n) is 7.93. The monoisotopic (exact) mass is 263 g/mol. The second kappa shape index (κ2) is 3.58. The van der Waals surface area contributed by atoms with E-state index in [1.807, 2.05) is 0 Å². The molecule has 0 saturated heterocycles. The quantitative estimate of drug-likeness (QED) is 0.580. The molecule has 0 unspecified atom stereocenters. The number of rotatable bonds is 1. The van der Waals surface area contributed by atoms with Crippen LogP contribution in [0.3, 0.4) is 0 Å². The number of nitrogens with two attached hydrogens (primary N) is 1. The van der Waals surface area contributed by atoms with Gasteiger partial charge in [0.15, 0.2) is 5.69 Å². The van der Waals surface area contributed by atoms with Crippen LogP contribution in [0.25, 0.3) is 5.78 Å². The molecule has 0 radical (unpaired) electrons. The second-order valence-corrected chi connectivity index (χ2v) is 3.47. The van der Waals surface area contributed by atoms with E-state index in [0.29, 0.717) is 6.07 Å². The van der Waals surface area contributed by atoms with E-state index >= 15 is 0 Å².